The van der Waals surface area contributed by atoms with E-state index in [1.807, 2.05) is 19.1 Å². The molecule has 1 saturated heterocycles. The second-order valence-electron chi connectivity index (χ2n) is 4.12. The van der Waals surface area contributed by atoms with Crippen LogP contribution in [0.1, 0.15) is 13.8 Å². The molecule has 1 aliphatic heterocycles. The maximum atomic E-state index is 5.80. The minimum Gasteiger partial charge on any atom is -0.476 e. The summed E-state index contributed by atoms with van der Waals surface area (Å²) in [5, 5.41) is 0. The molecule has 1 atom stereocenters. The van der Waals surface area contributed by atoms with Gasteiger partial charge in [-0.1, -0.05) is 0 Å². The van der Waals surface area contributed by atoms with Crippen molar-refractivity contribution < 1.29 is 9.47 Å². The average Bonchev–Trinajstić information content (AvgIpc) is 2.32. The van der Waals surface area contributed by atoms with Crippen molar-refractivity contribution in [2.75, 3.05) is 36.9 Å². The fraction of sp³-hybridized carbons (Fsp3) is 0.583. The van der Waals surface area contributed by atoms with Gasteiger partial charge in [0.15, 0.2) is 0 Å². The lowest BCUT2D eigenvalue weighted by Crippen LogP contribution is -2.41. The van der Waals surface area contributed by atoms with Gasteiger partial charge in [-0.15, -0.1) is 0 Å². The number of pyridine rings is 1. The molecule has 0 aromatic carbocycles. The van der Waals surface area contributed by atoms with Gasteiger partial charge < -0.3 is 20.1 Å². The summed E-state index contributed by atoms with van der Waals surface area (Å²) in [6.45, 7) is 6.99. The fourth-order valence-corrected chi connectivity index (χ4v) is 1.90. The maximum Gasteiger partial charge on any atom is 0.239 e. The zero-order valence-corrected chi connectivity index (χ0v) is 10.3. The first kappa shape index (κ1) is 12.0. The maximum absolute atomic E-state index is 5.80. The third-order valence-corrected chi connectivity index (χ3v) is 2.72. The molecule has 1 aromatic heterocycles. The Balaban J connectivity index is 2.17. The van der Waals surface area contributed by atoms with Crippen LogP contribution in [-0.2, 0) is 4.74 Å². The first-order valence-electron chi connectivity index (χ1n) is 5.96. The van der Waals surface area contributed by atoms with Crippen molar-refractivity contribution in [3.8, 4) is 5.88 Å². The van der Waals surface area contributed by atoms with Gasteiger partial charge in [-0.3, -0.25) is 0 Å². The average molecular weight is 237 g/mol. The van der Waals surface area contributed by atoms with Gasteiger partial charge in [-0.2, -0.15) is 4.98 Å². The summed E-state index contributed by atoms with van der Waals surface area (Å²) in [5.74, 6) is 1.42. The minimum atomic E-state index is 0.235. The molecule has 94 valence electrons. The monoisotopic (exact) mass is 237 g/mol. The van der Waals surface area contributed by atoms with E-state index in [4.69, 9.17) is 15.2 Å². The van der Waals surface area contributed by atoms with E-state index in [2.05, 4.69) is 16.8 Å². The molecule has 0 aliphatic carbocycles. The van der Waals surface area contributed by atoms with Crippen molar-refractivity contribution in [3.63, 3.8) is 0 Å². The largest absolute Gasteiger partial charge is 0.476 e. The summed E-state index contributed by atoms with van der Waals surface area (Å²) >= 11 is 0. The normalized spacial score (nSPS) is 20.4. The fourth-order valence-electron chi connectivity index (χ4n) is 1.90. The van der Waals surface area contributed by atoms with Crippen LogP contribution < -0.4 is 15.4 Å². The predicted molar refractivity (Wildman–Crippen MR) is 67.4 cm³/mol. The number of rotatable bonds is 3. The molecule has 0 saturated carbocycles. The van der Waals surface area contributed by atoms with Crippen molar-refractivity contribution in [1.29, 1.82) is 0 Å². The number of anilines is 2. The lowest BCUT2D eigenvalue weighted by Gasteiger charge is -2.32. The third kappa shape index (κ3) is 2.79. The van der Waals surface area contributed by atoms with Gasteiger partial charge in [0.05, 0.1) is 25.0 Å². The zero-order chi connectivity index (χ0) is 12.3. The molecular formula is C12H19N3O2. The smallest absolute Gasteiger partial charge is 0.239 e. The molecule has 0 spiro atoms. The zero-order valence-electron chi connectivity index (χ0n) is 10.3. The van der Waals surface area contributed by atoms with Gasteiger partial charge in [-0.25, -0.2) is 0 Å². The molecule has 1 fully saturated rings. The van der Waals surface area contributed by atoms with Crippen LogP contribution in [0.4, 0.5) is 11.5 Å². The number of hydrogen-bond donors (Lipinski definition) is 1. The summed E-state index contributed by atoms with van der Waals surface area (Å²) in [5.41, 5.74) is 6.38. The van der Waals surface area contributed by atoms with Crippen molar-refractivity contribution in [1.82, 2.24) is 4.98 Å². The van der Waals surface area contributed by atoms with Crippen LogP contribution >= 0.6 is 0 Å². The van der Waals surface area contributed by atoms with Crippen molar-refractivity contribution in [2.45, 2.75) is 20.0 Å². The van der Waals surface area contributed by atoms with Crippen LogP contribution in [0.15, 0.2) is 12.1 Å². The molecule has 1 aliphatic rings. The number of nitrogens with zero attached hydrogens (tertiary/aromatic N) is 2. The predicted octanol–water partition coefficient (Wildman–Crippen LogP) is 1.29. The van der Waals surface area contributed by atoms with Gasteiger partial charge in [0.25, 0.3) is 0 Å². The Morgan fingerprint density at radius 3 is 3.12 bits per heavy atom. The van der Waals surface area contributed by atoms with Crippen molar-refractivity contribution in [3.05, 3.63) is 12.1 Å². The van der Waals surface area contributed by atoms with Crippen LogP contribution in [0.5, 0.6) is 5.88 Å². The highest BCUT2D eigenvalue weighted by molar-refractivity contribution is 5.54. The Labute approximate surface area is 102 Å². The number of ether oxygens (including phenoxy) is 2. The number of morpholine rings is 1. The minimum absolute atomic E-state index is 0.235. The number of nitrogens with two attached hydrogens (primary N) is 1. The first-order chi connectivity index (χ1) is 8.20. The summed E-state index contributed by atoms with van der Waals surface area (Å²) in [6, 6.07) is 3.77. The molecule has 2 N–H and O–H groups in total. The van der Waals surface area contributed by atoms with Crippen LogP contribution in [0.2, 0.25) is 0 Å². The number of aromatic nitrogens is 1. The summed E-state index contributed by atoms with van der Waals surface area (Å²) in [4.78, 5) is 6.63. The van der Waals surface area contributed by atoms with Gasteiger partial charge >= 0.3 is 0 Å². The summed E-state index contributed by atoms with van der Waals surface area (Å²) in [7, 11) is 0. The lowest BCUT2D eigenvalue weighted by molar-refractivity contribution is 0.0529. The van der Waals surface area contributed by atoms with Gasteiger partial charge in [0.2, 0.25) is 5.88 Å². The Kier molecular flexibility index (Phi) is 3.68. The highest BCUT2D eigenvalue weighted by Gasteiger charge is 2.18. The highest BCUT2D eigenvalue weighted by Crippen LogP contribution is 2.24. The van der Waals surface area contributed by atoms with Crippen LogP contribution in [0, 0.1) is 0 Å². The molecule has 2 heterocycles. The quantitative estimate of drug-likeness (QED) is 0.858. The Morgan fingerprint density at radius 1 is 1.59 bits per heavy atom. The summed E-state index contributed by atoms with van der Waals surface area (Å²) < 4.78 is 10.9. The van der Waals surface area contributed by atoms with Crippen molar-refractivity contribution >= 4 is 11.5 Å². The summed E-state index contributed by atoms with van der Waals surface area (Å²) in [6.07, 6.45) is 0.235. The second-order valence-corrected chi connectivity index (χ2v) is 4.12. The highest BCUT2D eigenvalue weighted by atomic mass is 16.5. The molecule has 0 radical (unpaired) electrons. The van der Waals surface area contributed by atoms with E-state index >= 15 is 0 Å². The molecule has 5 heteroatoms. The molecule has 5 nitrogen and oxygen atoms in total. The Morgan fingerprint density at radius 2 is 2.41 bits per heavy atom. The topological polar surface area (TPSA) is 60.6 Å². The molecule has 0 amide bonds. The van der Waals surface area contributed by atoms with Gasteiger partial charge in [0.1, 0.15) is 5.82 Å². The van der Waals surface area contributed by atoms with E-state index in [-0.39, 0.29) is 6.10 Å². The second kappa shape index (κ2) is 5.23. The van der Waals surface area contributed by atoms with Gasteiger partial charge in [-0.05, 0) is 26.0 Å². The van der Waals surface area contributed by atoms with Crippen LogP contribution in [-0.4, -0.2) is 37.4 Å². The van der Waals surface area contributed by atoms with E-state index in [1.165, 1.54) is 0 Å². The van der Waals surface area contributed by atoms with E-state index in [9.17, 15) is 0 Å². The standard InChI is InChI=1S/C12H19N3O2/c1-3-16-12-10(13)4-5-11(14-12)15-6-7-17-9(2)8-15/h4-5,9H,3,6-8,13H2,1-2H3. The van der Waals surface area contributed by atoms with E-state index in [0.29, 0.717) is 18.2 Å². The molecule has 1 unspecified atom stereocenters. The van der Waals surface area contributed by atoms with E-state index in [0.717, 1.165) is 25.5 Å². The molecular weight excluding hydrogens is 218 g/mol. The SMILES string of the molecule is CCOc1nc(N2CCOC(C)C2)ccc1N. The van der Waals surface area contributed by atoms with Crippen molar-refractivity contribution in [2.24, 2.45) is 0 Å². The number of hydrogen-bond acceptors (Lipinski definition) is 5. The van der Waals surface area contributed by atoms with E-state index in [1.54, 1.807) is 0 Å². The third-order valence-electron chi connectivity index (χ3n) is 2.72. The lowest BCUT2D eigenvalue weighted by atomic mass is 10.3. The molecule has 0 bridgehead atoms. The molecule has 1 aromatic rings. The molecule has 2 rings (SSSR count). The first-order valence-corrected chi connectivity index (χ1v) is 5.96. The van der Waals surface area contributed by atoms with E-state index < -0.39 is 0 Å². The Bertz CT molecular complexity index is 384. The van der Waals surface area contributed by atoms with Crippen LogP contribution in [0.3, 0.4) is 0 Å². The van der Waals surface area contributed by atoms with Gasteiger partial charge in [0, 0.05) is 13.1 Å². The molecule has 17 heavy (non-hydrogen) atoms. The Hall–Kier alpha value is -1.49. The number of nitrogen functional groups attached to an aromatic ring is 1. The van der Waals surface area contributed by atoms with Crippen LogP contribution in [0.25, 0.3) is 0 Å².